The van der Waals surface area contributed by atoms with E-state index in [4.69, 9.17) is 0 Å². The molecule has 0 aromatic rings. The van der Waals surface area contributed by atoms with E-state index in [-0.39, 0.29) is 0 Å². The summed E-state index contributed by atoms with van der Waals surface area (Å²) in [6.45, 7) is 15.9. The van der Waals surface area contributed by atoms with Gasteiger partial charge < -0.3 is 4.90 Å². The van der Waals surface area contributed by atoms with E-state index in [1.165, 1.54) is 44.7 Å². The zero-order valence-corrected chi connectivity index (χ0v) is 10.4. The Kier molecular flexibility index (Phi) is 2.80. The highest BCUT2D eigenvalue weighted by atomic mass is 15.2. The Morgan fingerprint density at radius 1 is 1.20 bits per heavy atom. The first-order valence-corrected chi connectivity index (χ1v) is 6.17. The molecule has 2 fully saturated rings. The van der Waals surface area contributed by atoms with Crippen molar-refractivity contribution in [2.24, 2.45) is 5.41 Å². The number of nitrogens with zero attached hydrogens (tertiary/aromatic N) is 2. The molecule has 86 valence electrons. The van der Waals surface area contributed by atoms with Gasteiger partial charge in [0.05, 0.1) is 0 Å². The van der Waals surface area contributed by atoms with Gasteiger partial charge in [-0.05, 0) is 39.0 Å². The molecule has 2 aliphatic rings. The van der Waals surface area contributed by atoms with Crippen LogP contribution in [-0.2, 0) is 0 Å². The highest BCUT2D eigenvalue weighted by Gasteiger charge is 2.45. The van der Waals surface area contributed by atoms with Gasteiger partial charge in [-0.2, -0.15) is 0 Å². The van der Waals surface area contributed by atoms with Crippen LogP contribution in [0.15, 0.2) is 12.3 Å². The maximum absolute atomic E-state index is 4.03. The number of likely N-dealkylation sites (tertiary alicyclic amines) is 2. The van der Waals surface area contributed by atoms with Crippen LogP contribution < -0.4 is 0 Å². The molecular weight excluding hydrogens is 184 g/mol. The van der Waals surface area contributed by atoms with Gasteiger partial charge in [-0.15, -0.1) is 0 Å². The Hall–Kier alpha value is -0.500. The van der Waals surface area contributed by atoms with Crippen LogP contribution in [0.3, 0.4) is 0 Å². The van der Waals surface area contributed by atoms with Crippen molar-refractivity contribution in [1.29, 1.82) is 0 Å². The molecule has 2 heteroatoms. The second kappa shape index (κ2) is 3.82. The number of hydrogen-bond acceptors (Lipinski definition) is 2. The molecule has 0 bridgehead atoms. The molecule has 2 rings (SSSR count). The van der Waals surface area contributed by atoms with Crippen molar-refractivity contribution in [3.05, 3.63) is 12.3 Å². The molecule has 15 heavy (non-hydrogen) atoms. The van der Waals surface area contributed by atoms with Crippen molar-refractivity contribution in [2.75, 3.05) is 26.2 Å². The molecule has 0 radical (unpaired) electrons. The molecule has 0 unspecified atom stereocenters. The quantitative estimate of drug-likeness (QED) is 0.687. The van der Waals surface area contributed by atoms with E-state index in [1.807, 2.05) is 0 Å². The van der Waals surface area contributed by atoms with Crippen LogP contribution in [0.25, 0.3) is 0 Å². The Balaban J connectivity index is 1.83. The largest absolute Gasteiger partial charge is 0.375 e. The maximum Gasteiger partial charge on any atom is 0.0180 e. The number of allylic oxidation sites excluding steroid dienone is 1. The van der Waals surface area contributed by atoms with Gasteiger partial charge >= 0.3 is 0 Å². The maximum atomic E-state index is 4.03. The normalized spacial score (nSPS) is 25.7. The van der Waals surface area contributed by atoms with E-state index in [9.17, 15) is 0 Å². The van der Waals surface area contributed by atoms with Crippen molar-refractivity contribution in [3.63, 3.8) is 0 Å². The van der Waals surface area contributed by atoms with E-state index in [0.717, 1.165) is 6.04 Å². The second-order valence-corrected chi connectivity index (χ2v) is 5.72. The third kappa shape index (κ3) is 2.05. The zero-order valence-electron chi connectivity index (χ0n) is 10.4. The van der Waals surface area contributed by atoms with Crippen molar-refractivity contribution in [3.8, 4) is 0 Å². The summed E-state index contributed by atoms with van der Waals surface area (Å²) in [5.41, 5.74) is 1.90. The molecule has 0 atom stereocenters. The summed E-state index contributed by atoms with van der Waals surface area (Å²) in [7, 11) is 0. The molecule has 0 saturated carbocycles. The third-order valence-corrected chi connectivity index (χ3v) is 4.17. The van der Waals surface area contributed by atoms with Crippen LogP contribution in [0, 0.1) is 5.41 Å². The fourth-order valence-electron chi connectivity index (χ4n) is 2.86. The topological polar surface area (TPSA) is 6.48 Å². The monoisotopic (exact) mass is 208 g/mol. The van der Waals surface area contributed by atoms with Crippen LogP contribution in [0.2, 0.25) is 0 Å². The summed E-state index contributed by atoms with van der Waals surface area (Å²) < 4.78 is 0. The lowest BCUT2D eigenvalue weighted by Gasteiger charge is -2.56. The predicted molar refractivity (Wildman–Crippen MR) is 64.8 cm³/mol. The van der Waals surface area contributed by atoms with Gasteiger partial charge in [0, 0.05) is 37.9 Å². The number of hydrogen-bond donors (Lipinski definition) is 0. The summed E-state index contributed by atoms with van der Waals surface area (Å²) in [4.78, 5) is 5.03. The third-order valence-electron chi connectivity index (χ3n) is 4.17. The van der Waals surface area contributed by atoms with Crippen molar-refractivity contribution in [2.45, 2.75) is 39.7 Å². The van der Waals surface area contributed by atoms with Crippen molar-refractivity contribution < 1.29 is 0 Å². The minimum Gasteiger partial charge on any atom is -0.375 e. The summed E-state index contributed by atoms with van der Waals surface area (Å²) in [6.07, 6.45) is 2.73. The summed E-state index contributed by atoms with van der Waals surface area (Å²) in [5.74, 6) is 0. The minimum atomic E-state index is 0.663. The first-order chi connectivity index (χ1) is 7.02. The molecule has 2 aliphatic heterocycles. The highest BCUT2D eigenvalue weighted by Crippen LogP contribution is 2.41. The van der Waals surface area contributed by atoms with Crippen LogP contribution in [-0.4, -0.2) is 42.0 Å². The molecule has 2 saturated heterocycles. The predicted octanol–water partition coefficient (Wildman–Crippen LogP) is 2.33. The van der Waals surface area contributed by atoms with Gasteiger partial charge in [0.15, 0.2) is 0 Å². The van der Waals surface area contributed by atoms with E-state index in [2.05, 4.69) is 37.1 Å². The molecule has 1 spiro atoms. The first kappa shape index (κ1) is 11.0. The Morgan fingerprint density at radius 3 is 2.13 bits per heavy atom. The Morgan fingerprint density at radius 2 is 1.73 bits per heavy atom. The Labute approximate surface area is 93.9 Å². The average Bonchev–Trinajstić information content (AvgIpc) is 2.13. The van der Waals surface area contributed by atoms with E-state index in [1.54, 1.807) is 0 Å². The molecule has 0 N–H and O–H groups in total. The molecule has 2 heterocycles. The fourth-order valence-corrected chi connectivity index (χ4v) is 2.86. The molecule has 0 aliphatic carbocycles. The highest BCUT2D eigenvalue weighted by molar-refractivity contribution is 5.02. The standard InChI is InChI=1S/C13H24N2/c1-11(2)14-7-5-13(6-8-14)9-15(10-13)12(3)4/h12H,1,5-10H2,2-4H3. The van der Waals surface area contributed by atoms with E-state index < -0.39 is 0 Å². The molecular formula is C13H24N2. The zero-order chi connectivity index (χ0) is 11.1. The minimum absolute atomic E-state index is 0.663. The lowest BCUT2D eigenvalue weighted by molar-refractivity contribution is -0.0574. The van der Waals surface area contributed by atoms with Crippen molar-refractivity contribution in [1.82, 2.24) is 9.80 Å². The van der Waals surface area contributed by atoms with Crippen LogP contribution >= 0.6 is 0 Å². The summed E-state index contributed by atoms with van der Waals surface area (Å²) in [5, 5.41) is 0. The van der Waals surface area contributed by atoms with Crippen LogP contribution in [0.4, 0.5) is 0 Å². The van der Waals surface area contributed by atoms with Gasteiger partial charge in [0.25, 0.3) is 0 Å². The SMILES string of the molecule is C=C(C)N1CCC2(CC1)CN(C(C)C)C2. The smallest absolute Gasteiger partial charge is 0.0180 e. The second-order valence-electron chi connectivity index (χ2n) is 5.72. The van der Waals surface area contributed by atoms with Gasteiger partial charge in [0.2, 0.25) is 0 Å². The number of piperidine rings is 1. The lowest BCUT2D eigenvalue weighted by Crippen LogP contribution is -2.61. The average molecular weight is 208 g/mol. The lowest BCUT2D eigenvalue weighted by atomic mass is 9.71. The van der Waals surface area contributed by atoms with Gasteiger partial charge in [-0.3, -0.25) is 4.90 Å². The van der Waals surface area contributed by atoms with Crippen LogP contribution in [0.1, 0.15) is 33.6 Å². The van der Waals surface area contributed by atoms with Gasteiger partial charge in [0.1, 0.15) is 0 Å². The molecule has 0 amide bonds. The van der Waals surface area contributed by atoms with E-state index >= 15 is 0 Å². The number of rotatable bonds is 2. The van der Waals surface area contributed by atoms with Crippen molar-refractivity contribution >= 4 is 0 Å². The first-order valence-electron chi connectivity index (χ1n) is 6.17. The van der Waals surface area contributed by atoms with Gasteiger partial charge in [-0.25, -0.2) is 0 Å². The summed E-state index contributed by atoms with van der Waals surface area (Å²) >= 11 is 0. The fraction of sp³-hybridized carbons (Fsp3) is 0.846. The molecule has 2 nitrogen and oxygen atoms in total. The Bertz CT molecular complexity index is 241. The summed E-state index contributed by atoms with van der Waals surface area (Å²) in [6, 6.07) is 0.731. The molecule has 0 aromatic heterocycles. The molecule has 0 aromatic carbocycles. The van der Waals surface area contributed by atoms with Crippen LogP contribution in [0.5, 0.6) is 0 Å². The van der Waals surface area contributed by atoms with Gasteiger partial charge in [-0.1, -0.05) is 6.58 Å². The van der Waals surface area contributed by atoms with E-state index in [0.29, 0.717) is 5.41 Å².